The fourth-order valence-corrected chi connectivity index (χ4v) is 2.51. The normalized spacial score (nSPS) is 14.6. The smallest absolute Gasteiger partial charge is 0.490 e. The molecule has 0 bridgehead atoms. The number of benzene rings is 1. The third-order valence-corrected chi connectivity index (χ3v) is 3.98. The van der Waals surface area contributed by atoms with Crippen LogP contribution in [0.1, 0.15) is 49.5 Å². The Bertz CT molecular complexity index is 823. The zero-order chi connectivity index (χ0) is 23.8. The number of piperidine rings is 1. The van der Waals surface area contributed by atoms with Crippen LogP contribution >= 0.6 is 0 Å². The number of esters is 1. The van der Waals surface area contributed by atoms with Gasteiger partial charge in [-0.3, -0.25) is 0 Å². The molecular formula is C20H24F4N2O5. The van der Waals surface area contributed by atoms with Gasteiger partial charge in [-0.05, 0) is 58.7 Å². The van der Waals surface area contributed by atoms with Crippen molar-refractivity contribution in [1.82, 2.24) is 5.32 Å². The van der Waals surface area contributed by atoms with E-state index in [0.717, 1.165) is 32.0 Å². The van der Waals surface area contributed by atoms with E-state index in [4.69, 9.17) is 19.4 Å². The first kappa shape index (κ1) is 26.2. The predicted molar refractivity (Wildman–Crippen MR) is 101 cm³/mol. The molecule has 1 saturated heterocycles. The van der Waals surface area contributed by atoms with Crippen molar-refractivity contribution in [2.75, 3.05) is 19.7 Å². The molecule has 7 nitrogen and oxygen atoms in total. The number of hydrogen-bond acceptors (Lipinski definition) is 6. The summed E-state index contributed by atoms with van der Waals surface area (Å²) in [7, 11) is 0. The molecule has 0 spiro atoms. The van der Waals surface area contributed by atoms with Gasteiger partial charge >= 0.3 is 18.1 Å². The van der Waals surface area contributed by atoms with Gasteiger partial charge in [0.15, 0.2) is 0 Å². The van der Waals surface area contributed by atoms with Crippen LogP contribution in [0, 0.1) is 23.1 Å². The molecule has 1 aliphatic rings. The van der Waals surface area contributed by atoms with Crippen molar-refractivity contribution < 1.29 is 41.7 Å². The summed E-state index contributed by atoms with van der Waals surface area (Å²) < 4.78 is 56.8. The molecule has 0 aliphatic carbocycles. The lowest BCUT2D eigenvalue weighted by atomic mass is 9.99. The number of alkyl halides is 3. The van der Waals surface area contributed by atoms with Crippen LogP contribution in [0.15, 0.2) is 12.1 Å². The maximum atomic E-state index is 14.3. The number of carboxylic acids is 1. The summed E-state index contributed by atoms with van der Waals surface area (Å²) in [5.74, 6) is -3.75. The molecular weight excluding hydrogens is 424 g/mol. The topological polar surface area (TPSA) is 109 Å². The number of carboxylic acid groups (broad SMARTS) is 1. The Labute approximate surface area is 176 Å². The fourth-order valence-electron chi connectivity index (χ4n) is 2.51. The average Bonchev–Trinajstić information content (AvgIpc) is 2.65. The molecule has 2 N–H and O–H groups in total. The third kappa shape index (κ3) is 9.21. The maximum Gasteiger partial charge on any atom is 0.490 e. The number of aliphatic carboxylic acids is 1. The number of nitrogens with zero attached hydrogens (tertiary/aromatic N) is 1. The van der Waals surface area contributed by atoms with E-state index in [1.54, 1.807) is 20.8 Å². The van der Waals surface area contributed by atoms with Gasteiger partial charge in [0.05, 0.1) is 17.7 Å². The lowest BCUT2D eigenvalue weighted by molar-refractivity contribution is -0.192. The van der Waals surface area contributed by atoms with Crippen LogP contribution in [0.2, 0.25) is 0 Å². The van der Waals surface area contributed by atoms with Crippen LogP contribution in [0.5, 0.6) is 5.75 Å². The number of carbonyl (C=O) groups excluding carboxylic acids is 1. The second kappa shape index (κ2) is 10.9. The molecule has 172 valence electrons. The van der Waals surface area contributed by atoms with Crippen LogP contribution in [-0.4, -0.2) is 48.5 Å². The number of nitriles is 1. The van der Waals surface area contributed by atoms with Gasteiger partial charge in [0.1, 0.15) is 23.2 Å². The minimum atomic E-state index is -5.08. The molecule has 1 heterocycles. The van der Waals surface area contributed by atoms with Crippen LogP contribution in [0.25, 0.3) is 0 Å². The van der Waals surface area contributed by atoms with Crippen molar-refractivity contribution in [3.63, 3.8) is 0 Å². The van der Waals surface area contributed by atoms with Gasteiger partial charge in [-0.2, -0.15) is 18.4 Å². The molecule has 0 atom stereocenters. The van der Waals surface area contributed by atoms with E-state index in [2.05, 4.69) is 5.32 Å². The number of carbonyl (C=O) groups is 2. The molecule has 0 unspecified atom stereocenters. The molecule has 1 aliphatic heterocycles. The molecule has 1 aromatic carbocycles. The fraction of sp³-hybridized carbons (Fsp3) is 0.550. The van der Waals surface area contributed by atoms with E-state index in [-0.39, 0.29) is 16.9 Å². The summed E-state index contributed by atoms with van der Waals surface area (Å²) in [6.07, 6.45) is -3.11. The van der Waals surface area contributed by atoms with E-state index < -0.39 is 29.5 Å². The standard InChI is InChI=1S/C18H23FN2O3.C2HF3O2/c1-18(2,3)24-17(22)14-8-13(10-20)16(9-15(14)19)23-11-12-4-6-21-7-5-12;3-2(4,5)1(6)7/h8-9,12,21H,4-7,11H2,1-3H3;(H,6,7). The Hall–Kier alpha value is -2.87. The Morgan fingerprint density at radius 3 is 2.23 bits per heavy atom. The van der Waals surface area contributed by atoms with E-state index in [0.29, 0.717) is 12.5 Å². The minimum absolute atomic E-state index is 0.131. The number of nitrogens with one attached hydrogen (secondary N) is 1. The number of ether oxygens (including phenoxy) is 2. The van der Waals surface area contributed by atoms with Gasteiger partial charge in [-0.25, -0.2) is 14.0 Å². The minimum Gasteiger partial charge on any atom is -0.492 e. The van der Waals surface area contributed by atoms with Gasteiger partial charge in [0.2, 0.25) is 0 Å². The lowest BCUT2D eigenvalue weighted by Crippen LogP contribution is -2.30. The quantitative estimate of drug-likeness (QED) is 0.534. The summed E-state index contributed by atoms with van der Waals surface area (Å²) in [5.41, 5.74) is -0.859. The van der Waals surface area contributed by atoms with Crippen molar-refractivity contribution in [3.05, 3.63) is 29.1 Å². The van der Waals surface area contributed by atoms with E-state index in [9.17, 15) is 27.6 Å². The maximum absolute atomic E-state index is 14.3. The van der Waals surface area contributed by atoms with Crippen LogP contribution in [-0.2, 0) is 9.53 Å². The van der Waals surface area contributed by atoms with Gasteiger partial charge in [-0.1, -0.05) is 0 Å². The largest absolute Gasteiger partial charge is 0.492 e. The highest BCUT2D eigenvalue weighted by Crippen LogP contribution is 2.25. The summed E-state index contributed by atoms with van der Waals surface area (Å²) in [6, 6.07) is 4.25. The van der Waals surface area contributed by atoms with Gasteiger partial charge in [0, 0.05) is 6.07 Å². The highest BCUT2D eigenvalue weighted by atomic mass is 19.4. The first-order chi connectivity index (χ1) is 14.2. The molecule has 0 radical (unpaired) electrons. The molecule has 0 amide bonds. The highest BCUT2D eigenvalue weighted by molar-refractivity contribution is 5.90. The van der Waals surface area contributed by atoms with E-state index in [1.807, 2.05) is 6.07 Å². The van der Waals surface area contributed by atoms with Crippen LogP contribution in [0.4, 0.5) is 17.6 Å². The van der Waals surface area contributed by atoms with Crippen molar-refractivity contribution in [1.29, 1.82) is 5.26 Å². The summed E-state index contributed by atoms with van der Waals surface area (Å²) in [4.78, 5) is 20.9. The Morgan fingerprint density at radius 2 is 1.77 bits per heavy atom. The molecule has 2 rings (SSSR count). The summed E-state index contributed by atoms with van der Waals surface area (Å²) in [6.45, 7) is 7.40. The summed E-state index contributed by atoms with van der Waals surface area (Å²) in [5, 5.41) is 19.7. The molecule has 11 heteroatoms. The first-order valence-electron chi connectivity index (χ1n) is 9.35. The van der Waals surface area contributed by atoms with E-state index in [1.165, 1.54) is 6.07 Å². The number of rotatable bonds is 4. The van der Waals surface area contributed by atoms with Gasteiger partial charge < -0.3 is 19.9 Å². The zero-order valence-electron chi connectivity index (χ0n) is 17.3. The Morgan fingerprint density at radius 1 is 1.23 bits per heavy atom. The van der Waals surface area contributed by atoms with Gasteiger partial charge in [-0.15, -0.1) is 0 Å². The first-order valence-corrected chi connectivity index (χ1v) is 9.35. The molecule has 1 aromatic rings. The third-order valence-electron chi connectivity index (χ3n) is 3.98. The van der Waals surface area contributed by atoms with Crippen molar-refractivity contribution in [3.8, 4) is 11.8 Å². The molecule has 31 heavy (non-hydrogen) atoms. The monoisotopic (exact) mass is 448 g/mol. The molecule has 1 fully saturated rings. The molecule has 0 saturated carbocycles. The van der Waals surface area contributed by atoms with Crippen molar-refractivity contribution >= 4 is 11.9 Å². The highest BCUT2D eigenvalue weighted by Gasteiger charge is 2.38. The van der Waals surface area contributed by atoms with Crippen molar-refractivity contribution in [2.45, 2.75) is 45.4 Å². The summed E-state index contributed by atoms with van der Waals surface area (Å²) >= 11 is 0. The van der Waals surface area contributed by atoms with Gasteiger partial charge in [0.25, 0.3) is 0 Å². The Kier molecular flexibility index (Phi) is 9.24. The predicted octanol–water partition coefficient (Wildman–Crippen LogP) is 3.66. The molecule has 0 aromatic heterocycles. The zero-order valence-corrected chi connectivity index (χ0v) is 17.3. The second-order valence-electron chi connectivity index (χ2n) is 7.75. The average molecular weight is 448 g/mol. The van der Waals surface area contributed by atoms with Crippen LogP contribution < -0.4 is 10.1 Å². The van der Waals surface area contributed by atoms with E-state index >= 15 is 0 Å². The lowest BCUT2D eigenvalue weighted by Gasteiger charge is -2.23. The number of halogens is 4. The van der Waals surface area contributed by atoms with Crippen LogP contribution in [0.3, 0.4) is 0 Å². The van der Waals surface area contributed by atoms with Crippen molar-refractivity contribution in [2.24, 2.45) is 5.92 Å². The SMILES string of the molecule is CC(C)(C)OC(=O)c1cc(C#N)c(OCC2CCNCC2)cc1F.O=C(O)C(F)(F)F. The second-order valence-corrected chi connectivity index (χ2v) is 7.75. The number of hydrogen-bond donors (Lipinski definition) is 2. The Balaban J connectivity index is 0.000000592.